The van der Waals surface area contributed by atoms with Gasteiger partial charge in [-0.15, -0.1) is 0 Å². The first-order chi connectivity index (χ1) is 13.9. The lowest BCUT2D eigenvalue weighted by Gasteiger charge is -2.22. The standard InChI is InChI=1S/C29H28/c1-6-9-21-19(3)29(4,5)27-15-14-24-23-13-8-12-22(20-11-7-10-18(2)16-20)25(23)17-26(24)28(21)27/h6-16H,17H2,1-5H3/b9-6-. The molecule has 0 radical (unpaired) electrons. The molecule has 0 nitrogen and oxygen atoms in total. The zero-order chi connectivity index (χ0) is 20.3. The summed E-state index contributed by atoms with van der Waals surface area (Å²) in [5, 5.41) is 0. The van der Waals surface area contributed by atoms with Crippen molar-refractivity contribution in [1.29, 1.82) is 0 Å². The molecule has 3 aromatic rings. The third-order valence-electron chi connectivity index (χ3n) is 7.08. The van der Waals surface area contributed by atoms with E-state index in [-0.39, 0.29) is 5.41 Å². The van der Waals surface area contributed by atoms with Crippen molar-refractivity contribution in [3.8, 4) is 22.3 Å². The normalized spacial score (nSPS) is 16.3. The Labute approximate surface area is 174 Å². The van der Waals surface area contributed by atoms with Crippen LogP contribution in [0.1, 0.15) is 55.5 Å². The molecule has 0 saturated carbocycles. The van der Waals surface area contributed by atoms with Crippen molar-refractivity contribution in [2.45, 2.75) is 46.5 Å². The SMILES string of the molecule is C/C=C\C1=C(C)C(C)(C)c2ccc3c(c21)Cc1c(-c2cccc(C)c2)cccc1-3. The van der Waals surface area contributed by atoms with E-state index >= 15 is 0 Å². The average Bonchev–Trinajstić information content (AvgIpc) is 3.17. The zero-order valence-electron chi connectivity index (χ0n) is 18.1. The van der Waals surface area contributed by atoms with Crippen LogP contribution in [-0.4, -0.2) is 0 Å². The van der Waals surface area contributed by atoms with Gasteiger partial charge in [0.15, 0.2) is 0 Å². The quantitative estimate of drug-likeness (QED) is 0.334. The highest BCUT2D eigenvalue weighted by Gasteiger charge is 2.38. The third-order valence-corrected chi connectivity index (χ3v) is 7.08. The number of rotatable bonds is 2. The summed E-state index contributed by atoms with van der Waals surface area (Å²) in [4.78, 5) is 0. The van der Waals surface area contributed by atoms with Gasteiger partial charge in [0.25, 0.3) is 0 Å². The Balaban J connectivity index is 1.74. The van der Waals surface area contributed by atoms with Gasteiger partial charge in [-0.2, -0.15) is 0 Å². The Bertz CT molecular complexity index is 1210. The second kappa shape index (κ2) is 6.32. The fraction of sp³-hybridized carbons (Fsp3) is 0.241. The highest BCUT2D eigenvalue weighted by atomic mass is 14.4. The highest BCUT2D eigenvalue weighted by molar-refractivity contribution is 5.94. The molecule has 0 aliphatic heterocycles. The van der Waals surface area contributed by atoms with E-state index in [0.717, 1.165) is 6.42 Å². The summed E-state index contributed by atoms with van der Waals surface area (Å²) in [5.41, 5.74) is 15.8. The number of fused-ring (bicyclic) bond motifs is 5. The van der Waals surface area contributed by atoms with Gasteiger partial charge in [-0.25, -0.2) is 0 Å². The Morgan fingerprint density at radius 3 is 2.31 bits per heavy atom. The van der Waals surface area contributed by atoms with Crippen molar-refractivity contribution >= 4 is 5.57 Å². The molecule has 0 amide bonds. The monoisotopic (exact) mass is 376 g/mol. The van der Waals surface area contributed by atoms with E-state index in [1.807, 2.05) is 0 Å². The Kier molecular flexibility index (Phi) is 3.96. The summed E-state index contributed by atoms with van der Waals surface area (Å²) < 4.78 is 0. The minimum Gasteiger partial charge on any atom is -0.0870 e. The van der Waals surface area contributed by atoms with Crippen LogP contribution in [0.15, 0.2) is 72.3 Å². The lowest BCUT2D eigenvalue weighted by Crippen LogP contribution is -2.15. The zero-order valence-corrected chi connectivity index (χ0v) is 18.1. The van der Waals surface area contributed by atoms with E-state index in [9.17, 15) is 0 Å². The fourth-order valence-corrected chi connectivity index (χ4v) is 5.30. The maximum absolute atomic E-state index is 2.38. The summed E-state index contributed by atoms with van der Waals surface area (Å²) in [6.45, 7) is 11.3. The van der Waals surface area contributed by atoms with Gasteiger partial charge in [0.2, 0.25) is 0 Å². The molecule has 3 aromatic carbocycles. The van der Waals surface area contributed by atoms with Crippen molar-refractivity contribution in [3.05, 3.63) is 100 Å². The first-order valence-corrected chi connectivity index (χ1v) is 10.6. The highest BCUT2D eigenvalue weighted by Crippen LogP contribution is 2.53. The van der Waals surface area contributed by atoms with Crippen LogP contribution in [-0.2, 0) is 11.8 Å². The molecule has 0 atom stereocenters. The van der Waals surface area contributed by atoms with Crippen LogP contribution in [0, 0.1) is 6.92 Å². The second-order valence-electron chi connectivity index (χ2n) is 9.06. The molecule has 0 N–H and O–H groups in total. The summed E-state index contributed by atoms with van der Waals surface area (Å²) in [7, 11) is 0. The van der Waals surface area contributed by atoms with Gasteiger partial charge in [-0.05, 0) is 77.3 Å². The van der Waals surface area contributed by atoms with Crippen molar-refractivity contribution in [1.82, 2.24) is 0 Å². The molecule has 0 saturated heterocycles. The van der Waals surface area contributed by atoms with E-state index in [1.165, 1.54) is 61.2 Å². The molecule has 29 heavy (non-hydrogen) atoms. The van der Waals surface area contributed by atoms with Crippen LogP contribution in [0.5, 0.6) is 0 Å². The second-order valence-corrected chi connectivity index (χ2v) is 9.06. The number of hydrogen-bond acceptors (Lipinski definition) is 0. The summed E-state index contributed by atoms with van der Waals surface area (Å²) >= 11 is 0. The van der Waals surface area contributed by atoms with Crippen LogP contribution in [0.3, 0.4) is 0 Å². The van der Waals surface area contributed by atoms with Gasteiger partial charge < -0.3 is 0 Å². The largest absolute Gasteiger partial charge is 0.0870 e. The van der Waals surface area contributed by atoms with Gasteiger partial charge in [-0.1, -0.05) is 91.7 Å². The van der Waals surface area contributed by atoms with E-state index in [2.05, 4.69) is 101 Å². The minimum absolute atomic E-state index is 0.0906. The van der Waals surface area contributed by atoms with Gasteiger partial charge in [-0.3, -0.25) is 0 Å². The Morgan fingerprint density at radius 2 is 1.55 bits per heavy atom. The maximum Gasteiger partial charge on any atom is 0.0118 e. The molecule has 0 aromatic heterocycles. The van der Waals surface area contributed by atoms with E-state index in [0.29, 0.717) is 0 Å². The van der Waals surface area contributed by atoms with Crippen molar-refractivity contribution in [2.24, 2.45) is 0 Å². The molecule has 0 heteroatoms. The van der Waals surface area contributed by atoms with Crippen molar-refractivity contribution < 1.29 is 0 Å². The molecule has 2 aliphatic carbocycles. The Hall–Kier alpha value is -2.86. The van der Waals surface area contributed by atoms with Crippen LogP contribution in [0.4, 0.5) is 0 Å². The number of hydrogen-bond donors (Lipinski definition) is 0. The lowest BCUT2D eigenvalue weighted by atomic mass is 9.81. The minimum atomic E-state index is 0.0906. The summed E-state index contributed by atoms with van der Waals surface area (Å²) in [5.74, 6) is 0. The van der Waals surface area contributed by atoms with E-state index < -0.39 is 0 Å². The van der Waals surface area contributed by atoms with Gasteiger partial charge >= 0.3 is 0 Å². The molecule has 0 unspecified atom stereocenters. The van der Waals surface area contributed by atoms with Crippen molar-refractivity contribution in [2.75, 3.05) is 0 Å². The topological polar surface area (TPSA) is 0 Å². The van der Waals surface area contributed by atoms with Gasteiger partial charge in [0.05, 0.1) is 0 Å². The molecule has 5 rings (SSSR count). The number of aryl methyl sites for hydroxylation is 1. The number of allylic oxidation sites excluding steroid dienone is 4. The van der Waals surface area contributed by atoms with E-state index in [1.54, 1.807) is 0 Å². The average molecular weight is 377 g/mol. The molecule has 144 valence electrons. The van der Waals surface area contributed by atoms with Gasteiger partial charge in [0.1, 0.15) is 0 Å². The molecule has 0 spiro atoms. The van der Waals surface area contributed by atoms with Gasteiger partial charge in [0, 0.05) is 5.41 Å². The van der Waals surface area contributed by atoms with Crippen LogP contribution in [0.25, 0.3) is 27.8 Å². The fourth-order valence-electron chi connectivity index (χ4n) is 5.30. The first-order valence-electron chi connectivity index (χ1n) is 10.6. The van der Waals surface area contributed by atoms with E-state index in [4.69, 9.17) is 0 Å². The summed E-state index contributed by atoms with van der Waals surface area (Å²) in [6.07, 6.45) is 5.51. The third kappa shape index (κ3) is 2.52. The van der Waals surface area contributed by atoms with Crippen LogP contribution < -0.4 is 0 Å². The van der Waals surface area contributed by atoms with Crippen LogP contribution in [0.2, 0.25) is 0 Å². The molecule has 0 bridgehead atoms. The first kappa shape index (κ1) is 18.2. The predicted octanol–water partition coefficient (Wildman–Crippen LogP) is 7.87. The Morgan fingerprint density at radius 1 is 0.828 bits per heavy atom. The molecular weight excluding hydrogens is 348 g/mol. The molecule has 0 fully saturated rings. The predicted molar refractivity (Wildman–Crippen MR) is 125 cm³/mol. The van der Waals surface area contributed by atoms with Crippen LogP contribution >= 0.6 is 0 Å². The molecule has 2 aliphatic rings. The maximum atomic E-state index is 2.38. The van der Waals surface area contributed by atoms with Crippen molar-refractivity contribution in [3.63, 3.8) is 0 Å². The smallest absolute Gasteiger partial charge is 0.0118 e. The number of benzene rings is 3. The molecular formula is C29H28. The summed E-state index contributed by atoms with van der Waals surface area (Å²) in [6, 6.07) is 20.5. The lowest BCUT2D eigenvalue weighted by molar-refractivity contribution is 0.639. The molecule has 0 heterocycles.